The summed E-state index contributed by atoms with van der Waals surface area (Å²) < 4.78 is 0. The van der Waals surface area contributed by atoms with Crippen molar-refractivity contribution in [1.29, 1.82) is 0 Å². The summed E-state index contributed by atoms with van der Waals surface area (Å²) in [6.07, 6.45) is 8.26. The van der Waals surface area contributed by atoms with Gasteiger partial charge in [-0.1, -0.05) is 83.1 Å². The monoisotopic (exact) mass is 398 g/mol. The fraction of sp³-hybridized carbons (Fsp3) is 1.00. The van der Waals surface area contributed by atoms with E-state index in [0.29, 0.717) is 0 Å². The molecule has 1 heterocycles. The summed E-state index contributed by atoms with van der Waals surface area (Å²) in [6, 6.07) is 1.57. The smallest absolute Gasteiger partial charge is 0.0226 e. The molecule has 2 atom stereocenters. The van der Waals surface area contributed by atoms with Crippen molar-refractivity contribution in [3.05, 3.63) is 0 Å². The van der Waals surface area contributed by atoms with Crippen LogP contribution in [-0.2, 0) is 0 Å². The molecular weight excluding hydrogens is 340 g/mol. The van der Waals surface area contributed by atoms with E-state index in [4.69, 9.17) is 0 Å². The van der Waals surface area contributed by atoms with Gasteiger partial charge in [0.2, 0.25) is 0 Å². The molecule has 172 valence electrons. The lowest BCUT2D eigenvalue weighted by Crippen LogP contribution is -2.56. The molecule has 2 heteroatoms. The summed E-state index contributed by atoms with van der Waals surface area (Å²) in [5.74, 6) is 3.27. The largest absolute Gasteiger partial charge is 0.298 e. The van der Waals surface area contributed by atoms with Crippen molar-refractivity contribution in [2.75, 3.05) is 26.2 Å². The highest BCUT2D eigenvalue weighted by Gasteiger charge is 2.31. The summed E-state index contributed by atoms with van der Waals surface area (Å²) in [5, 5.41) is 0. The molecule has 0 N–H and O–H groups in total. The van der Waals surface area contributed by atoms with E-state index in [1.165, 1.54) is 64.7 Å². The van der Waals surface area contributed by atoms with E-state index in [1.54, 1.807) is 0 Å². The molecule has 0 radical (unpaired) electrons. The predicted molar refractivity (Wildman–Crippen MR) is 131 cm³/mol. The molecule has 1 aliphatic rings. The van der Waals surface area contributed by atoms with Crippen molar-refractivity contribution in [1.82, 2.24) is 9.80 Å². The Kier molecular flexibility index (Phi) is 16.9. The minimum atomic E-state index is 0. The van der Waals surface area contributed by atoms with Gasteiger partial charge in [-0.3, -0.25) is 9.80 Å². The third-order valence-electron chi connectivity index (χ3n) is 5.95. The standard InChI is InChI=1S/C24H50N2.2CH4/c1-19(2)10-9-11-23(16-21(5)6)26-15-14-25(13-12-20(3)4)24(18-26)17-22(7)8;;/h19-24H,9-18H2,1-8H3;2*1H4. The lowest BCUT2D eigenvalue weighted by atomic mass is 9.92. The molecule has 0 saturated carbocycles. The first-order valence-electron chi connectivity index (χ1n) is 11.7. The first-order chi connectivity index (χ1) is 12.2. The van der Waals surface area contributed by atoms with Crippen molar-refractivity contribution in [2.24, 2.45) is 23.7 Å². The second-order valence-corrected chi connectivity index (χ2v) is 10.6. The van der Waals surface area contributed by atoms with E-state index >= 15 is 0 Å². The van der Waals surface area contributed by atoms with E-state index in [1.807, 2.05) is 0 Å². The number of hydrogen-bond donors (Lipinski definition) is 0. The molecule has 0 aliphatic carbocycles. The van der Waals surface area contributed by atoms with E-state index in [2.05, 4.69) is 65.2 Å². The zero-order valence-electron chi connectivity index (χ0n) is 19.4. The van der Waals surface area contributed by atoms with Gasteiger partial charge < -0.3 is 0 Å². The molecule has 0 aromatic rings. The zero-order valence-corrected chi connectivity index (χ0v) is 19.4. The number of nitrogens with zero attached hydrogens (tertiary/aromatic N) is 2. The van der Waals surface area contributed by atoms with Crippen LogP contribution >= 0.6 is 0 Å². The van der Waals surface area contributed by atoms with Crippen molar-refractivity contribution in [3.8, 4) is 0 Å². The van der Waals surface area contributed by atoms with Gasteiger partial charge in [-0.05, 0) is 55.9 Å². The van der Waals surface area contributed by atoms with Crippen molar-refractivity contribution in [3.63, 3.8) is 0 Å². The van der Waals surface area contributed by atoms with Crippen molar-refractivity contribution >= 4 is 0 Å². The second-order valence-electron chi connectivity index (χ2n) is 10.6. The molecule has 2 unspecified atom stereocenters. The summed E-state index contributed by atoms with van der Waals surface area (Å²) in [6.45, 7) is 24.2. The Morgan fingerprint density at radius 2 is 1.32 bits per heavy atom. The van der Waals surface area contributed by atoms with Gasteiger partial charge in [0.05, 0.1) is 0 Å². The molecule has 0 spiro atoms. The summed E-state index contributed by atoms with van der Waals surface area (Å²) >= 11 is 0. The minimum Gasteiger partial charge on any atom is -0.298 e. The molecule has 1 rings (SSSR count). The van der Waals surface area contributed by atoms with Crippen LogP contribution in [0, 0.1) is 23.7 Å². The van der Waals surface area contributed by atoms with Crippen LogP contribution in [0.25, 0.3) is 0 Å². The maximum absolute atomic E-state index is 2.87. The molecule has 1 saturated heterocycles. The van der Waals surface area contributed by atoms with Crippen molar-refractivity contribution < 1.29 is 0 Å². The Bertz CT molecular complexity index is 340. The molecule has 2 nitrogen and oxygen atoms in total. The average molecular weight is 399 g/mol. The van der Waals surface area contributed by atoms with E-state index in [9.17, 15) is 0 Å². The quantitative estimate of drug-likeness (QED) is 0.334. The number of hydrogen-bond acceptors (Lipinski definition) is 2. The van der Waals surface area contributed by atoms with E-state index in [-0.39, 0.29) is 14.9 Å². The SMILES string of the molecule is C.C.CC(C)CCCC(CC(C)C)N1CCN(CCC(C)C)C(CC(C)C)C1. The third kappa shape index (κ3) is 12.5. The fourth-order valence-corrected chi connectivity index (χ4v) is 4.49. The molecule has 0 aromatic carbocycles. The molecular formula is C26H58N2. The highest BCUT2D eigenvalue weighted by Crippen LogP contribution is 2.25. The Labute approximate surface area is 180 Å². The van der Waals surface area contributed by atoms with Gasteiger partial charge in [0, 0.05) is 31.7 Å². The molecule has 1 fully saturated rings. The summed E-state index contributed by atoms with van der Waals surface area (Å²) in [5.41, 5.74) is 0. The molecule has 0 amide bonds. The first kappa shape index (κ1) is 30.1. The number of rotatable bonds is 12. The lowest BCUT2D eigenvalue weighted by molar-refractivity contribution is 0.0274. The normalized spacial score (nSPS) is 19.9. The van der Waals surface area contributed by atoms with Crippen LogP contribution in [0.3, 0.4) is 0 Å². The van der Waals surface area contributed by atoms with Gasteiger partial charge in [-0.2, -0.15) is 0 Å². The van der Waals surface area contributed by atoms with Gasteiger partial charge in [0.15, 0.2) is 0 Å². The van der Waals surface area contributed by atoms with Gasteiger partial charge in [-0.25, -0.2) is 0 Å². The predicted octanol–water partition coefficient (Wildman–Crippen LogP) is 7.58. The van der Waals surface area contributed by atoms with Crippen LogP contribution in [0.5, 0.6) is 0 Å². The lowest BCUT2D eigenvalue weighted by Gasteiger charge is -2.46. The average Bonchev–Trinajstić information content (AvgIpc) is 2.51. The van der Waals surface area contributed by atoms with Crippen LogP contribution in [-0.4, -0.2) is 48.1 Å². The third-order valence-corrected chi connectivity index (χ3v) is 5.95. The van der Waals surface area contributed by atoms with Crippen LogP contribution in [0.1, 0.15) is 109 Å². The van der Waals surface area contributed by atoms with Crippen LogP contribution < -0.4 is 0 Å². The zero-order chi connectivity index (χ0) is 19.7. The maximum Gasteiger partial charge on any atom is 0.0226 e. The van der Waals surface area contributed by atoms with Crippen molar-refractivity contribution in [2.45, 2.75) is 121 Å². The van der Waals surface area contributed by atoms with Gasteiger partial charge in [0.1, 0.15) is 0 Å². The topological polar surface area (TPSA) is 6.48 Å². The van der Waals surface area contributed by atoms with Gasteiger partial charge in [-0.15, -0.1) is 0 Å². The Balaban J connectivity index is 0. The van der Waals surface area contributed by atoms with E-state index in [0.717, 1.165) is 35.8 Å². The maximum atomic E-state index is 2.87. The van der Waals surface area contributed by atoms with Gasteiger partial charge in [0.25, 0.3) is 0 Å². The first-order valence-corrected chi connectivity index (χ1v) is 11.7. The molecule has 0 bridgehead atoms. The Morgan fingerprint density at radius 1 is 0.714 bits per heavy atom. The molecule has 0 aromatic heterocycles. The number of piperazine rings is 1. The summed E-state index contributed by atoms with van der Waals surface area (Å²) in [4.78, 5) is 5.69. The van der Waals surface area contributed by atoms with Gasteiger partial charge >= 0.3 is 0 Å². The summed E-state index contributed by atoms with van der Waals surface area (Å²) in [7, 11) is 0. The highest BCUT2D eigenvalue weighted by molar-refractivity contribution is 4.87. The Morgan fingerprint density at radius 3 is 1.82 bits per heavy atom. The van der Waals surface area contributed by atoms with Crippen LogP contribution in [0.2, 0.25) is 0 Å². The molecule has 28 heavy (non-hydrogen) atoms. The van der Waals surface area contributed by atoms with E-state index < -0.39 is 0 Å². The fourth-order valence-electron chi connectivity index (χ4n) is 4.49. The Hall–Kier alpha value is -0.0800. The van der Waals surface area contributed by atoms with Crippen LogP contribution in [0.4, 0.5) is 0 Å². The highest BCUT2D eigenvalue weighted by atomic mass is 15.3. The second kappa shape index (κ2) is 15.7. The minimum absolute atomic E-state index is 0. The van der Waals surface area contributed by atoms with Crippen LogP contribution in [0.15, 0.2) is 0 Å². The molecule has 1 aliphatic heterocycles.